The minimum absolute atomic E-state index is 0.0189. The standard InChI is InChI=1S/C23H31Cl2N7O/c1-2-17-14-31(23-20(25)28-19(22(27)33)21(26)29-23)11-12-32(17)18-7-9-30(10-8-18)13-15-3-5-16(24)6-4-15/h3-6,17-18H,2,7-14H2,1H3,(H2,26,29)(H2,27,33). The number of anilines is 2. The second-order valence-corrected chi connectivity index (χ2v) is 9.61. The first-order valence-electron chi connectivity index (χ1n) is 11.5. The first-order valence-corrected chi connectivity index (χ1v) is 12.2. The summed E-state index contributed by atoms with van der Waals surface area (Å²) in [4.78, 5) is 27.2. The summed E-state index contributed by atoms with van der Waals surface area (Å²) in [5.41, 5.74) is 12.4. The van der Waals surface area contributed by atoms with E-state index in [4.69, 9.17) is 34.7 Å². The molecule has 1 unspecified atom stereocenters. The van der Waals surface area contributed by atoms with Crippen LogP contribution in [-0.2, 0) is 6.54 Å². The fourth-order valence-electron chi connectivity index (χ4n) is 4.96. The molecule has 1 atom stereocenters. The number of aromatic nitrogens is 2. The van der Waals surface area contributed by atoms with Gasteiger partial charge in [0.15, 0.2) is 22.5 Å². The SMILES string of the molecule is CCC1CN(c2nc(N)c(C(N)=O)nc2Cl)CCN1C1CCN(Cc2ccc(Cl)cc2)CC1. The van der Waals surface area contributed by atoms with Crippen molar-refractivity contribution in [3.05, 3.63) is 45.7 Å². The van der Waals surface area contributed by atoms with E-state index in [2.05, 4.69) is 43.7 Å². The third-order valence-corrected chi connectivity index (χ3v) is 7.25. The lowest BCUT2D eigenvalue weighted by molar-refractivity contribution is 0.0610. The topological polar surface area (TPSA) is 105 Å². The Hall–Kier alpha value is -2.13. The molecule has 8 nitrogen and oxygen atoms in total. The van der Waals surface area contributed by atoms with Crippen LogP contribution in [0.4, 0.5) is 11.6 Å². The minimum atomic E-state index is -0.730. The van der Waals surface area contributed by atoms with Gasteiger partial charge in [-0.3, -0.25) is 14.6 Å². The van der Waals surface area contributed by atoms with Crippen molar-refractivity contribution < 1.29 is 4.79 Å². The van der Waals surface area contributed by atoms with Gasteiger partial charge in [-0.1, -0.05) is 42.3 Å². The van der Waals surface area contributed by atoms with Crippen molar-refractivity contribution in [3.63, 3.8) is 0 Å². The maximum atomic E-state index is 11.5. The van der Waals surface area contributed by atoms with Gasteiger partial charge in [0, 0.05) is 43.3 Å². The molecule has 2 aromatic rings. The first kappa shape index (κ1) is 24.0. The quantitative estimate of drug-likeness (QED) is 0.639. The average molecular weight is 492 g/mol. The summed E-state index contributed by atoms with van der Waals surface area (Å²) in [6.45, 7) is 7.87. The number of piperidine rings is 1. The number of carbonyl (C=O) groups excluding carboxylic acids is 1. The summed E-state index contributed by atoms with van der Waals surface area (Å²) < 4.78 is 0. The molecule has 0 radical (unpaired) electrons. The Morgan fingerprint density at radius 2 is 1.79 bits per heavy atom. The highest BCUT2D eigenvalue weighted by Crippen LogP contribution is 2.30. The van der Waals surface area contributed by atoms with Gasteiger partial charge in [0.05, 0.1) is 0 Å². The van der Waals surface area contributed by atoms with Crippen LogP contribution in [0.3, 0.4) is 0 Å². The third kappa shape index (κ3) is 5.51. The van der Waals surface area contributed by atoms with Crippen molar-refractivity contribution in [2.24, 2.45) is 5.73 Å². The number of benzene rings is 1. The van der Waals surface area contributed by atoms with Gasteiger partial charge in [0.25, 0.3) is 5.91 Å². The van der Waals surface area contributed by atoms with E-state index in [1.54, 1.807) is 0 Å². The molecule has 1 aromatic heterocycles. The highest BCUT2D eigenvalue weighted by atomic mass is 35.5. The largest absolute Gasteiger partial charge is 0.382 e. The van der Waals surface area contributed by atoms with Crippen LogP contribution in [0.2, 0.25) is 10.2 Å². The van der Waals surface area contributed by atoms with Gasteiger partial charge < -0.3 is 16.4 Å². The number of primary amides is 1. The molecule has 33 heavy (non-hydrogen) atoms. The third-order valence-electron chi connectivity index (χ3n) is 6.74. The molecule has 3 heterocycles. The number of amides is 1. The summed E-state index contributed by atoms with van der Waals surface area (Å²) in [6, 6.07) is 9.10. The predicted octanol–water partition coefficient (Wildman–Crippen LogP) is 3.03. The highest BCUT2D eigenvalue weighted by molar-refractivity contribution is 6.32. The van der Waals surface area contributed by atoms with Crippen molar-refractivity contribution >= 4 is 40.7 Å². The monoisotopic (exact) mass is 491 g/mol. The number of rotatable bonds is 6. The summed E-state index contributed by atoms with van der Waals surface area (Å²) >= 11 is 12.4. The molecule has 4 rings (SSSR count). The van der Waals surface area contributed by atoms with Crippen molar-refractivity contribution in [2.45, 2.75) is 44.8 Å². The molecule has 2 aliphatic rings. The summed E-state index contributed by atoms with van der Waals surface area (Å²) in [5, 5.41) is 0.942. The molecule has 2 saturated heterocycles. The zero-order valence-corrected chi connectivity index (χ0v) is 20.4. The highest BCUT2D eigenvalue weighted by Gasteiger charge is 2.34. The minimum Gasteiger partial charge on any atom is -0.382 e. The number of hydrogen-bond donors (Lipinski definition) is 2. The number of nitrogens with zero attached hydrogens (tertiary/aromatic N) is 5. The Morgan fingerprint density at radius 3 is 2.42 bits per heavy atom. The lowest BCUT2D eigenvalue weighted by Gasteiger charge is -2.47. The molecule has 0 spiro atoms. The van der Waals surface area contributed by atoms with E-state index in [0.29, 0.717) is 17.9 Å². The number of halogens is 2. The zero-order chi connectivity index (χ0) is 23.5. The summed E-state index contributed by atoms with van der Waals surface area (Å²) in [7, 11) is 0. The van der Waals surface area contributed by atoms with E-state index >= 15 is 0 Å². The number of nitrogen functional groups attached to an aromatic ring is 1. The second-order valence-electron chi connectivity index (χ2n) is 8.82. The van der Waals surface area contributed by atoms with E-state index in [9.17, 15) is 4.79 Å². The fraction of sp³-hybridized carbons (Fsp3) is 0.522. The van der Waals surface area contributed by atoms with Crippen molar-refractivity contribution in [1.29, 1.82) is 0 Å². The molecule has 0 bridgehead atoms. The molecule has 1 aromatic carbocycles. The smallest absolute Gasteiger partial charge is 0.271 e. The van der Waals surface area contributed by atoms with E-state index in [1.807, 2.05) is 12.1 Å². The van der Waals surface area contributed by atoms with Gasteiger partial charge in [-0.05, 0) is 50.0 Å². The van der Waals surface area contributed by atoms with E-state index in [-0.39, 0.29) is 16.7 Å². The van der Waals surface area contributed by atoms with Crippen LogP contribution < -0.4 is 16.4 Å². The van der Waals surface area contributed by atoms with Crippen LogP contribution in [0.1, 0.15) is 42.2 Å². The van der Waals surface area contributed by atoms with Crippen molar-refractivity contribution in [2.75, 3.05) is 43.4 Å². The van der Waals surface area contributed by atoms with Crippen LogP contribution >= 0.6 is 23.2 Å². The number of piperazine rings is 1. The molecule has 10 heteroatoms. The molecule has 2 aliphatic heterocycles. The number of carbonyl (C=O) groups is 1. The summed E-state index contributed by atoms with van der Waals surface area (Å²) in [5.74, 6) is -0.187. The number of hydrogen-bond acceptors (Lipinski definition) is 7. The molecule has 2 fully saturated rings. The summed E-state index contributed by atoms with van der Waals surface area (Å²) in [6.07, 6.45) is 3.34. The fourth-order valence-corrected chi connectivity index (χ4v) is 5.34. The number of nitrogens with two attached hydrogens (primary N) is 2. The van der Waals surface area contributed by atoms with E-state index in [1.165, 1.54) is 5.56 Å². The van der Waals surface area contributed by atoms with Crippen molar-refractivity contribution in [1.82, 2.24) is 19.8 Å². The van der Waals surface area contributed by atoms with Crippen LogP contribution in [0.5, 0.6) is 0 Å². The Bertz CT molecular complexity index is 980. The Kier molecular flexibility index (Phi) is 7.58. The van der Waals surface area contributed by atoms with Crippen LogP contribution in [0.15, 0.2) is 24.3 Å². The molecular formula is C23H31Cl2N7O. The molecular weight excluding hydrogens is 461 g/mol. The van der Waals surface area contributed by atoms with Crippen LogP contribution in [0, 0.1) is 0 Å². The van der Waals surface area contributed by atoms with Crippen LogP contribution in [0.25, 0.3) is 0 Å². The Morgan fingerprint density at radius 1 is 1.09 bits per heavy atom. The van der Waals surface area contributed by atoms with Gasteiger partial charge in [0.2, 0.25) is 0 Å². The Balaban J connectivity index is 1.36. The van der Waals surface area contributed by atoms with Gasteiger partial charge in [-0.15, -0.1) is 0 Å². The molecule has 4 N–H and O–H groups in total. The predicted molar refractivity (Wildman–Crippen MR) is 133 cm³/mol. The molecule has 0 saturated carbocycles. The van der Waals surface area contributed by atoms with E-state index in [0.717, 1.165) is 63.6 Å². The lowest BCUT2D eigenvalue weighted by Crippen LogP contribution is -2.58. The maximum Gasteiger partial charge on any atom is 0.271 e. The molecule has 1 amide bonds. The van der Waals surface area contributed by atoms with Crippen molar-refractivity contribution in [3.8, 4) is 0 Å². The van der Waals surface area contributed by atoms with Gasteiger partial charge in [-0.25, -0.2) is 9.97 Å². The van der Waals surface area contributed by atoms with Gasteiger partial charge in [0.1, 0.15) is 0 Å². The maximum absolute atomic E-state index is 11.5. The first-order chi connectivity index (χ1) is 15.9. The second kappa shape index (κ2) is 10.4. The van der Waals surface area contributed by atoms with E-state index < -0.39 is 5.91 Å². The van der Waals surface area contributed by atoms with Gasteiger partial charge >= 0.3 is 0 Å². The van der Waals surface area contributed by atoms with Gasteiger partial charge in [-0.2, -0.15) is 0 Å². The molecule has 0 aliphatic carbocycles. The van der Waals surface area contributed by atoms with Crippen LogP contribution in [-0.4, -0.2) is 70.5 Å². The Labute approximate surface area is 204 Å². The molecule has 178 valence electrons. The zero-order valence-electron chi connectivity index (χ0n) is 18.9. The lowest BCUT2D eigenvalue weighted by atomic mass is 9.98. The average Bonchev–Trinajstić information content (AvgIpc) is 2.82. The number of likely N-dealkylation sites (tertiary alicyclic amines) is 1. The normalized spacial score (nSPS) is 20.8.